The van der Waals surface area contributed by atoms with Gasteiger partial charge in [-0.2, -0.15) is 0 Å². The van der Waals surface area contributed by atoms with E-state index in [0.29, 0.717) is 12.0 Å². The number of dihydropyridines is 1. The number of nitrogens with zero attached hydrogens (tertiary/aromatic N) is 2. The lowest BCUT2D eigenvalue weighted by molar-refractivity contribution is 0.949. The van der Waals surface area contributed by atoms with Crippen molar-refractivity contribution in [2.24, 2.45) is 10.9 Å². The lowest BCUT2D eigenvalue weighted by Crippen LogP contribution is -2.13. The zero-order valence-corrected chi connectivity index (χ0v) is 17.7. The normalized spacial score (nSPS) is 21.3. The summed E-state index contributed by atoms with van der Waals surface area (Å²) in [6.45, 7) is 2.25. The van der Waals surface area contributed by atoms with E-state index in [1.807, 2.05) is 0 Å². The van der Waals surface area contributed by atoms with E-state index in [2.05, 4.69) is 90.4 Å². The highest BCUT2D eigenvalue weighted by atomic mass is 15.0. The van der Waals surface area contributed by atoms with Crippen LogP contribution in [-0.4, -0.2) is 16.3 Å². The molecule has 150 valence electrons. The van der Waals surface area contributed by atoms with Crippen molar-refractivity contribution in [3.05, 3.63) is 95.1 Å². The fourth-order valence-electron chi connectivity index (χ4n) is 5.60. The molecular formula is C29H24N2. The van der Waals surface area contributed by atoms with Crippen LogP contribution in [0.15, 0.2) is 77.8 Å². The van der Waals surface area contributed by atoms with Crippen LogP contribution in [0.1, 0.15) is 35.1 Å². The molecule has 7 rings (SSSR count). The van der Waals surface area contributed by atoms with E-state index >= 15 is 0 Å². The average Bonchev–Trinajstić information content (AvgIpc) is 3.51. The number of allylic oxidation sites excluding steroid dienone is 2. The van der Waals surface area contributed by atoms with Crippen molar-refractivity contribution >= 4 is 33.6 Å². The van der Waals surface area contributed by atoms with Crippen LogP contribution in [-0.2, 0) is 6.42 Å². The van der Waals surface area contributed by atoms with Gasteiger partial charge in [0, 0.05) is 22.3 Å². The molecule has 1 aliphatic heterocycles. The number of rotatable bonds is 2. The van der Waals surface area contributed by atoms with Gasteiger partial charge in [-0.05, 0) is 67.2 Å². The zero-order chi connectivity index (χ0) is 20.5. The second-order valence-electron chi connectivity index (χ2n) is 9.13. The molecule has 31 heavy (non-hydrogen) atoms. The minimum absolute atomic E-state index is 0.514. The van der Waals surface area contributed by atoms with Crippen molar-refractivity contribution in [3.8, 4) is 5.69 Å². The highest BCUT2D eigenvalue weighted by Gasteiger charge is 2.37. The zero-order valence-electron chi connectivity index (χ0n) is 17.7. The van der Waals surface area contributed by atoms with Gasteiger partial charge in [0.05, 0.1) is 28.5 Å². The first kappa shape index (κ1) is 17.3. The molecule has 3 aliphatic rings. The van der Waals surface area contributed by atoms with Crippen LogP contribution in [0.5, 0.6) is 0 Å². The van der Waals surface area contributed by atoms with Crippen molar-refractivity contribution < 1.29 is 0 Å². The number of benzene rings is 3. The van der Waals surface area contributed by atoms with E-state index in [0.717, 1.165) is 12.8 Å². The predicted octanol–water partition coefficient (Wildman–Crippen LogP) is 6.80. The molecule has 2 heterocycles. The molecule has 2 aliphatic carbocycles. The molecule has 0 spiro atoms. The number of aryl methyl sites for hydroxylation is 1. The molecule has 3 aromatic carbocycles. The SMILES string of the molecule is Cc1cc(-n2c3ccccc3c3ccccc32)c2c(c1C1=NC3CC3C=C1)C=CCC2. The van der Waals surface area contributed by atoms with Crippen molar-refractivity contribution in [2.75, 3.05) is 0 Å². The number of aliphatic imine (C=N–C) groups is 1. The first-order valence-corrected chi connectivity index (χ1v) is 11.4. The predicted molar refractivity (Wildman–Crippen MR) is 130 cm³/mol. The summed E-state index contributed by atoms with van der Waals surface area (Å²) in [4.78, 5) is 5.08. The van der Waals surface area contributed by atoms with Crippen molar-refractivity contribution in [1.82, 2.24) is 4.57 Å². The Balaban J connectivity index is 1.55. The van der Waals surface area contributed by atoms with Crippen LogP contribution >= 0.6 is 0 Å². The van der Waals surface area contributed by atoms with E-state index < -0.39 is 0 Å². The van der Waals surface area contributed by atoms with Crippen LogP contribution in [0.4, 0.5) is 0 Å². The fraction of sp³-hybridized carbons (Fsp3) is 0.207. The molecule has 0 radical (unpaired) electrons. The maximum atomic E-state index is 5.08. The molecular weight excluding hydrogens is 376 g/mol. The average molecular weight is 401 g/mol. The van der Waals surface area contributed by atoms with Crippen molar-refractivity contribution in [3.63, 3.8) is 0 Å². The summed E-state index contributed by atoms with van der Waals surface area (Å²) in [5, 5.41) is 2.64. The molecule has 1 fully saturated rings. The number of hydrogen-bond acceptors (Lipinski definition) is 1. The van der Waals surface area contributed by atoms with Gasteiger partial charge in [-0.15, -0.1) is 0 Å². The quantitative estimate of drug-likeness (QED) is 0.352. The number of para-hydroxylation sites is 2. The van der Waals surface area contributed by atoms with Gasteiger partial charge < -0.3 is 4.57 Å². The molecule has 0 saturated heterocycles. The number of aromatic nitrogens is 1. The van der Waals surface area contributed by atoms with E-state index in [1.165, 1.54) is 61.9 Å². The summed E-state index contributed by atoms with van der Waals surface area (Å²) >= 11 is 0. The summed E-state index contributed by atoms with van der Waals surface area (Å²) < 4.78 is 2.48. The maximum Gasteiger partial charge on any atom is 0.0656 e. The van der Waals surface area contributed by atoms with E-state index in [1.54, 1.807) is 0 Å². The maximum absolute atomic E-state index is 5.08. The second kappa shape index (κ2) is 6.31. The molecule has 1 saturated carbocycles. The van der Waals surface area contributed by atoms with Gasteiger partial charge >= 0.3 is 0 Å². The van der Waals surface area contributed by atoms with E-state index in [-0.39, 0.29) is 0 Å². The highest BCUT2D eigenvalue weighted by Crippen LogP contribution is 2.41. The Kier molecular flexibility index (Phi) is 3.52. The van der Waals surface area contributed by atoms with Gasteiger partial charge in [-0.3, -0.25) is 4.99 Å². The van der Waals surface area contributed by atoms with Gasteiger partial charge in [0.25, 0.3) is 0 Å². The molecule has 2 unspecified atom stereocenters. The molecule has 2 heteroatoms. The smallest absolute Gasteiger partial charge is 0.0656 e. The van der Waals surface area contributed by atoms with Crippen LogP contribution in [0.2, 0.25) is 0 Å². The third kappa shape index (κ3) is 2.48. The third-order valence-corrected chi connectivity index (χ3v) is 7.18. The molecule has 4 aromatic rings. The molecule has 0 amide bonds. The van der Waals surface area contributed by atoms with E-state index in [4.69, 9.17) is 4.99 Å². The van der Waals surface area contributed by atoms with Gasteiger partial charge in [0.2, 0.25) is 0 Å². The third-order valence-electron chi connectivity index (χ3n) is 7.18. The lowest BCUT2D eigenvalue weighted by atomic mass is 9.86. The second-order valence-corrected chi connectivity index (χ2v) is 9.13. The lowest BCUT2D eigenvalue weighted by Gasteiger charge is -2.24. The molecule has 1 aromatic heterocycles. The Bertz CT molecular complexity index is 1420. The Labute approximate surface area is 182 Å². The Morgan fingerprint density at radius 2 is 1.68 bits per heavy atom. The Hall–Kier alpha value is -3.39. The minimum Gasteiger partial charge on any atom is -0.309 e. The van der Waals surface area contributed by atoms with Gasteiger partial charge in [-0.1, -0.05) is 54.6 Å². The van der Waals surface area contributed by atoms with Crippen molar-refractivity contribution in [2.45, 2.75) is 32.2 Å². The van der Waals surface area contributed by atoms with Gasteiger partial charge in [-0.25, -0.2) is 0 Å². The summed E-state index contributed by atoms with van der Waals surface area (Å²) in [5.41, 5.74) is 10.5. The van der Waals surface area contributed by atoms with E-state index in [9.17, 15) is 0 Å². The first-order valence-electron chi connectivity index (χ1n) is 11.4. The van der Waals surface area contributed by atoms with Crippen LogP contribution in [0.3, 0.4) is 0 Å². The number of fused-ring (bicyclic) bond motifs is 5. The molecule has 0 N–H and O–H groups in total. The molecule has 2 nitrogen and oxygen atoms in total. The first-order chi connectivity index (χ1) is 15.3. The largest absolute Gasteiger partial charge is 0.309 e. The van der Waals surface area contributed by atoms with Gasteiger partial charge in [0.1, 0.15) is 0 Å². The van der Waals surface area contributed by atoms with Crippen LogP contribution in [0, 0.1) is 12.8 Å². The summed E-state index contributed by atoms with van der Waals surface area (Å²) in [6.07, 6.45) is 12.7. The fourth-order valence-corrected chi connectivity index (χ4v) is 5.60. The minimum atomic E-state index is 0.514. The Morgan fingerprint density at radius 3 is 2.42 bits per heavy atom. The van der Waals surface area contributed by atoms with Crippen LogP contribution in [0.25, 0.3) is 33.6 Å². The summed E-state index contributed by atoms with van der Waals surface area (Å²) in [7, 11) is 0. The number of hydrogen-bond donors (Lipinski definition) is 0. The highest BCUT2D eigenvalue weighted by molar-refractivity contribution is 6.14. The summed E-state index contributed by atoms with van der Waals surface area (Å²) in [5.74, 6) is 0.687. The van der Waals surface area contributed by atoms with Gasteiger partial charge in [0.15, 0.2) is 0 Å². The Morgan fingerprint density at radius 1 is 0.935 bits per heavy atom. The van der Waals surface area contributed by atoms with Crippen molar-refractivity contribution in [1.29, 1.82) is 0 Å². The standard InChI is InChI=1S/C29H24N2/c1-18-16-28(31-26-12-6-4-8-20(26)21-9-5-7-13-27(21)31)22-10-2-3-11-23(22)29(18)24-15-14-19-17-25(19)30-24/h3-9,11-16,19,25H,2,10,17H2,1H3. The topological polar surface area (TPSA) is 17.3 Å². The molecule has 0 bridgehead atoms. The molecule has 2 atom stereocenters. The summed E-state index contributed by atoms with van der Waals surface area (Å²) in [6, 6.07) is 20.5. The monoisotopic (exact) mass is 400 g/mol. The van der Waals surface area contributed by atoms with Crippen LogP contribution < -0.4 is 0 Å².